The first-order valence-electron chi connectivity index (χ1n) is 16.5. The van der Waals surface area contributed by atoms with E-state index in [-0.39, 0.29) is 13.2 Å². The van der Waals surface area contributed by atoms with Gasteiger partial charge in [-0.25, -0.2) is 0 Å². The summed E-state index contributed by atoms with van der Waals surface area (Å²) in [5, 5.41) is 0. The first kappa shape index (κ1) is 44.0. The molecule has 0 bridgehead atoms. The van der Waals surface area contributed by atoms with Crippen molar-refractivity contribution in [3.05, 3.63) is 69.9 Å². The molecular weight excluding hydrogens is 564 g/mol. The minimum Gasteiger partial charge on any atom is -0.462 e. The molecule has 0 aliphatic heterocycles. The van der Waals surface area contributed by atoms with Crippen LogP contribution in [0, 0.1) is 0 Å². The van der Waals surface area contributed by atoms with Crippen molar-refractivity contribution in [2.75, 3.05) is 13.2 Å². The maximum atomic E-state index is 10.6. The lowest BCUT2D eigenvalue weighted by molar-refractivity contribution is -0.163. The predicted molar refractivity (Wildman–Crippen MR) is 189 cm³/mol. The lowest BCUT2D eigenvalue weighted by Crippen LogP contribution is -2.29. The average Bonchev–Trinajstić information content (AvgIpc) is 2.92. The molecule has 0 aliphatic rings. The minimum atomic E-state index is -0.754. The zero-order valence-corrected chi connectivity index (χ0v) is 30.5. The molecule has 0 N–H and O–H groups in total. The highest BCUT2D eigenvalue weighted by atomic mass is 16.6. The highest BCUT2D eigenvalue weighted by Gasteiger charge is 2.15. The number of unbranched alkanes of at least 4 members (excludes halogenated alkanes) is 1. The number of rotatable bonds is 20. The van der Waals surface area contributed by atoms with Crippen molar-refractivity contribution in [3.8, 4) is 0 Å². The van der Waals surface area contributed by atoms with Crippen molar-refractivity contribution in [2.24, 2.45) is 0 Å². The van der Waals surface area contributed by atoms with Gasteiger partial charge in [0, 0.05) is 20.8 Å². The molecule has 0 fully saturated rings. The van der Waals surface area contributed by atoms with E-state index in [1.54, 1.807) is 0 Å². The topological polar surface area (TPSA) is 78.9 Å². The van der Waals surface area contributed by atoms with Gasteiger partial charge >= 0.3 is 17.9 Å². The molecule has 0 heterocycles. The van der Waals surface area contributed by atoms with Gasteiger partial charge in [-0.3, -0.25) is 14.4 Å². The highest BCUT2D eigenvalue weighted by Crippen LogP contribution is 2.14. The van der Waals surface area contributed by atoms with Crippen LogP contribution in [0.15, 0.2) is 69.9 Å². The molecule has 0 aromatic heterocycles. The Morgan fingerprint density at radius 1 is 0.422 bits per heavy atom. The van der Waals surface area contributed by atoms with Gasteiger partial charge in [0.1, 0.15) is 13.2 Å². The van der Waals surface area contributed by atoms with Crippen molar-refractivity contribution in [1.82, 2.24) is 0 Å². The minimum absolute atomic E-state index is 0.123. The Hall–Kier alpha value is -3.15. The third-order valence-corrected chi connectivity index (χ3v) is 6.68. The third kappa shape index (κ3) is 35.2. The van der Waals surface area contributed by atoms with Gasteiger partial charge in [-0.1, -0.05) is 69.9 Å². The molecule has 0 unspecified atom stereocenters. The molecule has 6 nitrogen and oxygen atoms in total. The second-order valence-electron chi connectivity index (χ2n) is 12.3. The lowest BCUT2D eigenvalue weighted by Gasteiger charge is -2.15. The Kier molecular flexibility index (Phi) is 27.7. The fourth-order valence-electron chi connectivity index (χ4n) is 4.11. The fraction of sp³-hybridized carbons (Fsp3) is 0.615. The molecule has 45 heavy (non-hydrogen) atoms. The second-order valence-corrected chi connectivity index (χ2v) is 12.3. The number of hydrogen-bond donors (Lipinski definition) is 0. The Bertz CT molecular complexity index is 967. The summed E-state index contributed by atoms with van der Waals surface area (Å²) in [6.07, 6.45) is 25.5. The van der Waals surface area contributed by atoms with Crippen LogP contribution < -0.4 is 0 Å². The van der Waals surface area contributed by atoms with Crippen molar-refractivity contribution in [2.45, 2.75) is 146 Å². The number of ether oxygens (including phenoxy) is 3. The normalized spacial score (nSPS) is 12.2. The van der Waals surface area contributed by atoms with Crippen molar-refractivity contribution in [1.29, 1.82) is 0 Å². The van der Waals surface area contributed by atoms with Crippen LogP contribution in [0.2, 0.25) is 0 Å². The molecule has 0 spiro atoms. The summed E-state index contributed by atoms with van der Waals surface area (Å²) < 4.78 is 14.0. The molecule has 0 amide bonds. The zero-order valence-electron chi connectivity index (χ0n) is 30.5. The summed E-state index contributed by atoms with van der Waals surface area (Å²) in [5.74, 6) is -1.51. The zero-order chi connectivity index (χ0) is 34.6. The molecule has 0 aromatic carbocycles. The molecule has 0 saturated carbocycles. The van der Waals surface area contributed by atoms with Crippen LogP contribution in [0.3, 0.4) is 0 Å². The maximum absolute atomic E-state index is 10.6. The Balaban J connectivity index is 0. The van der Waals surface area contributed by atoms with E-state index in [4.69, 9.17) is 4.74 Å². The van der Waals surface area contributed by atoms with E-state index in [1.165, 1.54) is 118 Å². The van der Waals surface area contributed by atoms with Crippen molar-refractivity contribution in [3.63, 3.8) is 0 Å². The van der Waals surface area contributed by atoms with Gasteiger partial charge in [-0.15, -0.1) is 0 Å². The van der Waals surface area contributed by atoms with Crippen LogP contribution in [-0.2, 0) is 28.6 Å². The van der Waals surface area contributed by atoms with Crippen LogP contribution in [-0.4, -0.2) is 37.2 Å². The van der Waals surface area contributed by atoms with E-state index in [1.807, 2.05) is 0 Å². The van der Waals surface area contributed by atoms with Gasteiger partial charge in [-0.05, 0) is 120 Å². The van der Waals surface area contributed by atoms with E-state index < -0.39 is 24.0 Å². The van der Waals surface area contributed by atoms with Gasteiger partial charge in [0.25, 0.3) is 0 Å². The van der Waals surface area contributed by atoms with Gasteiger partial charge in [0.15, 0.2) is 6.10 Å². The number of allylic oxidation sites excluding steroid dienone is 12. The van der Waals surface area contributed by atoms with E-state index >= 15 is 0 Å². The van der Waals surface area contributed by atoms with Crippen molar-refractivity contribution < 1.29 is 28.6 Å². The Labute approximate surface area is 275 Å². The van der Waals surface area contributed by atoms with E-state index in [9.17, 15) is 14.4 Å². The first-order chi connectivity index (χ1) is 21.1. The van der Waals surface area contributed by atoms with Gasteiger partial charge in [0.05, 0.1) is 0 Å². The lowest BCUT2D eigenvalue weighted by atomic mass is 10.0. The quantitative estimate of drug-likeness (QED) is 0.0578. The summed E-state index contributed by atoms with van der Waals surface area (Å²) in [7, 11) is 0. The standard InChI is InChI=1S/C30H50.C9H14O6/c1-25(2)15-11-19-29(7)23-13-21-27(5)17-9-10-18-28(6)22-14-24-30(8)20-12-16-26(3)4;1-6(10)13-4-9(15-8(3)12)5-14-7(2)11/h15-18,23-24H,9-14,19-22H2,1-8H3;9H,4-5H2,1-3H3. The smallest absolute Gasteiger partial charge is 0.303 e. The largest absolute Gasteiger partial charge is 0.462 e. The number of carbonyl (C=O) groups is 3. The fourth-order valence-corrected chi connectivity index (χ4v) is 4.11. The van der Waals surface area contributed by atoms with Crippen LogP contribution >= 0.6 is 0 Å². The number of carbonyl (C=O) groups excluding carboxylic acids is 3. The van der Waals surface area contributed by atoms with Crippen LogP contribution in [0.1, 0.15) is 140 Å². The third-order valence-electron chi connectivity index (χ3n) is 6.68. The highest BCUT2D eigenvalue weighted by molar-refractivity contribution is 5.67. The maximum Gasteiger partial charge on any atom is 0.303 e. The van der Waals surface area contributed by atoms with Gasteiger partial charge in [-0.2, -0.15) is 0 Å². The molecule has 0 rings (SSSR count). The van der Waals surface area contributed by atoms with Gasteiger partial charge < -0.3 is 14.2 Å². The molecule has 0 aliphatic carbocycles. The molecular formula is C39H64O6. The second kappa shape index (κ2) is 28.3. The van der Waals surface area contributed by atoms with Crippen LogP contribution in [0.5, 0.6) is 0 Å². The summed E-state index contributed by atoms with van der Waals surface area (Å²) in [6, 6.07) is 0. The average molecular weight is 629 g/mol. The molecule has 0 atom stereocenters. The van der Waals surface area contributed by atoms with E-state index in [2.05, 4.69) is 101 Å². The molecule has 0 aromatic rings. The predicted octanol–water partition coefficient (Wildman–Crippen LogP) is 10.6. The Morgan fingerprint density at radius 3 is 0.978 bits per heavy atom. The summed E-state index contributed by atoms with van der Waals surface area (Å²) in [5.41, 5.74) is 8.97. The Morgan fingerprint density at radius 2 is 0.711 bits per heavy atom. The van der Waals surface area contributed by atoms with Crippen LogP contribution in [0.4, 0.5) is 0 Å². The molecule has 0 radical (unpaired) electrons. The van der Waals surface area contributed by atoms with Gasteiger partial charge in [0.2, 0.25) is 0 Å². The molecule has 6 heteroatoms. The van der Waals surface area contributed by atoms with E-state index in [0.717, 1.165) is 0 Å². The summed E-state index contributed by atoms with van der Waals surface area (Å²) in [4.78, 5) is 31.6. The summed E-state index contributed by atoms with van der Waals surface area (Å²) in [6.45, 7) is 21.2. The first-order valence-corrected chi connectivity index (χ1v) is 16.5. The van der Waals surface area contributed by atoms with Crippen LogP contribution in [0.25, 0.3) is 0 Å². The van der Waals surface area contributed by atoms with Crippen molar-refractivity contribution >= 4 is 17.9 Å². The molecule has 0 saturated heterocycles. The number of hydrogen-bond acceptors (Lipinski definition) is 6. The number of esters is 3. The summed E-state index contributed by atoms with van der Waals surface area (Å²) >= 11 is 0. The monoisotopic (exact) mass is 628 g/mol. The SMILES string of the molecule is CC(=O)OCC(COC(C)=O)OC(C)=O.CC(C)=CCCC(C)=CCCC(C)=CCCC=C(C)CCC=C(C)CCC=C(C)C. The van der Waals surface area contributed by atoms with E-state index in [0.29, 0.717) is 0 Å². The molecule has 256 valence electrons.